The van der Waals surface area contributed by atoms with Crippen molar-refractivity contribution in [3.63, 3.8) is 0 Å². The summed E-state index contributed by atoms with van der Waals surface area (Å²) in [7, 11) is 0. The van der Waals surface area contributed by atoms with Crippen molar-refractivity contribution in [2.75, 3.05) is 0 Å². The highest BCUT2D eigenvalue weighted by Crippen LogP contribution is 2.15. The molecule has 18 heavy (non-hydrogen) atoms. The average Bonchev–Trinajstić information content (AvgIpc) is 2.24. The van der Waals surface area contributed by atoms with Crippen LogP contribution in [0.25, 0.3) is 0 Å². The summed E-state index contributed by atoms with van der Waals surface area (Å²) in [5, 5.41) is 2.76. The molecule has 100 valence electrons. The number of alkyl carbamates (subject to hydrolysis) is 1. The summed E-state index contributed by atoms with van der Waals surface area (Å²) >= 11 is 0. The highest BCUT2D eigenvalue weighted by Gasteiger charge is 2.15. The summed E-state index contributed by atoms with van der Waals surface area (Å²) in [6, 6.07) is 8.23. The lowest BCUT2D eigenvalue weighted by atomic mass is 10.0. The van der Waals surface area contributed by atoms with Gasteiger partial charge in [0.15, 0.2) is 0 Å². The predicted molar refractivity (Wildman–Crippen MR) is 73.6 cm³/mol. The second-order valence-corrected chi connectivity index (χ2v) is 5.76. The van der Waals surface area contributed by atoms with Crippen LogP contribution in [0.1, 0.15) is 51.7 Å². The molecule has 1 aromatic carbocycles. The molecule has 0 saturated heterocycles. The van der Waals surface area contributed by atoms with Gasteiger partial charge in [0, 0.05) is 6.54 Å². The largest absolute Gasteiger partial charge is 0.444 e. The quantitative estimate of drug-likeness (QED) is 0.884. The van der Waals surface area contributed by atoms with Gasteiger partial charge in [-0.3, -0.25) is 0 Å². The fourth-order valence-electron chi connectivity index (χ4n) is 1.55. The van der Waals surface area contributed by atoms with E-state index in [2.05, 4.69) is 31.3 Å². The molecule has 0 aliphatic carbocycles. The van der Waals surface area contributed by atoms with E-state index in [1.165, 1.54) is 5.56 Å². The number of hydrogen-bond donors (Lipinski definition) is 1. The van der Waals surface area contributed by atoms with Crippen LogP contribution in [0.3, 0.4) is 0 Å². The van der Waals surface area contributed by atoms with Gasteiger partial charge in [-0.2, -0.15) is 0 Å². The Labute approximate surface area is 110 Å². The van der Waals surface area contributed by atoms with Crippen LogP contribution in [0.2, 0.25) is 0 Å². The zero-order valence-electron chi connectivity index (χ0n) is 11.9. The van der Waals surface area contributed by atoms with Crippen molar-refractivity contribution in [1.29, 1.82) is 0 Å². The van der Waals surface area contributed by atoms with Crippen LogP contribution < -0.4 is 5.32 Å². The molecule has 0 heterocycles. The van der Waals surface area contributed by atoms with Crippen LogP contribution in [0.5, 0.6) is 0 Å². The summed E-state index contributed by atoms with van der Waals surface area (Å²) in [5.41, 5.74) is 1.91. The van der Waals surface area contributed by atoms with Crippen LogP contribution >= 0.6 is 0 Å². The first kappa shape index (κ1) is 14.6. The van der Waals surface area contributed by atoms with Gasteiger partial charge in [0.25, 0.3) is 0 Å². The monoisotopic (exact) mass is 249 g/mol. The molecule has 3 nitrogen and oxygen atoms in total. The first-order valence-corrected chi connectivity index (χ1v) is 6.33. The number of carbonyl (C=O) groups excluding carboxylic acids is 1. The van der Waals surface area contributed by atoms with E-state index in [1.807, 2.05) is 32.9 Å². The van der Waals surface area contributed by atoms with Crippen LogP contribution in [0.4, 0.5) is 4.79 Å². The summed E-state index contributed by atoms with van der Waals surface area (Å²) in [6.07, 6.45) is -0.377. The lowest BCUT2D eigenvalue weighted by molar-refractivity contribution is 0.0523. The van der Waals surface area contributed by atoms with Crippen LogP contribution in [-0.4, -0.2) is 11.7 Å². The molecule has 0 aromatic heterocycles. The minimum Gasteiger partial charge on any atom is -0.444 e. The smallest absolute Gasteiger partial charge is 0.407 e. The molecule has 0 radical (unpaired) electrons. The molecule has 0 saturated carbocycles. The Hall–Kier alpha value is -1.51. The molecule has 1 aromatic rings. The minimum absolute atomic E-state index is 0.377. The number of nitrogens with one attached hydrogen (secondary N) is 1. The molecule has 0 atom stereocenters. The zero-order chi connectivity index (χ0) is 13.8. The third-order valence-electron chi connectivity index (χ3n) is 2.45. The number of carbonyl (C=O) groups is 1. The maximum Gasteiger partial charge on any atom is 0.407 e. The summed E-state index contributed by atoms with van der Waals surface area (Å²) < 4.78 is 5.19. The van der Waals surface area contributed by atoms with Gasteiger partial charge in [-0.05, 0) is 37.8 Å². The topological polar surface area (TPSA) is 38.3 Å². The molecule has 0 spiro atoms. The lowest BCUT2D eigenvalue weighted by Crippen LogP contribution is -2.32. The minimum atomic E-state index is -0.454. The Bertz CT molecular complexity index is 405. The Morgan fingerprint density at radius 2 is 2.00 bits per heavy atom. The van der Waals surface area contributed by atoms with Crippen molar-refractivity contribution >= 4 is 6.09 Å². The number of hydrogen-bond acceptors (Lipinski definition) is 2. The van der Waals surface area contributed by atoms with Crippen molar-refractivity contribution in [2.24, 2.45) is 0 Å². The fraction of sp³-hybridized carbons (Fsp3) is 0.533. The number of benzene rings is 1. The van der Waals surface area contributed by atoms with E-state index >= 15 is 0 Å². The van der Waals surface area contributed by atoms with Crippen molar-refractivity contribution in [3.05, 3.63) is 35.4 Å². The van der Waals surface area contributed by atoms with E-state index in [0.29, 0.717) is 12.5 Å². The number of amides is 1. The predicted octanol–water partition coefficient (Wildman–Crippen LogP) is 3.83. The highest BCUT2D eigenvalue weighted by atomic mass is 16.6. The average molecular weight is 249 g/mol. The molecular formula is C15H23NO2. The molecule has 0 unspecified atom stereocenters. The van der Waals surface area contributed by atoms with E-state index in [9.17, 15) is 4.79 Å². The fourth-order valence-corrected chi connectivity index (χ4v) is 1.55. The Morgan fingerprint density at radius 3 is 2.56 bits per heavy atom. The van der Waals surface area contributed by atoms with Gasteiger partial charge in [0.2, 0.25) is 0 Å². The van der Waals surface area contributed by atoms with Gasteiger partial charge in [-0.1, -0.05) is 38.1 Å². The van der Waals surface area contributed by atoms with Gasteiger partial charge >= 0.3 is 6.09 Å². The van der Waals surface area contributed by atoms with Crippen LogP contribution in [0.15, 0.2) is 24.3 Å². The maximum atomic E-state index is 11.5. The summed E-state index contributed by atoms with van der Waals surface area (Å²) in [5.74, 6) is 0.492. The highest BCUT2D eigenvalue weighted by molar-refractivity contribution is 5.67. The molecule has 0 aliphatic heterocycles. The number of ether oxygens (including phenoxy) is 1. The van der Waals surface area contributed by atoms with Crippen molar-refractivity contribution in [3.8, 4) is 0 Å². The van der Waals surface area contributed by atoms with Gasteiger partial charge in [-0.15, -0.1) is 0 Å². The van der Waals surface area contributed by atoms with E-state index in [1.54, 1.807) is 0 Å². The van der Waals surface area contributed by atoms with E-state index in [4.69, 9.17) is 4.74 Å². The molecule has 0 bridgehead atoms. The van der Waals surface area contributed by atoms with Crippen molar-refractivity contribution in [2.45, 2.75) is 52.7 Å². The first-order chi connectivity index (χ1) is 8.28. The summed E-state index contributed by atoms with van der Waals surface area (Å²) in [4.78, 5) is 11.5. The third-order valence-corrected chi connectivity index (χ3v) is 2.45. The van der Waals surface area contributed by atoms with Gasteiger partial charge in [0.05, 0.1) is 0 Å². The third kappa shape index (κ3) is 5.21. The molecule has 1 N–H and O–H groups in total. The second-order valence-electron chi connectivity index (χ2n) is 5.76. The molecule has 1 amide bonds. The molecule has 0 aliphatic rings. The van der Waals surface area contributed by atoms with Gasteiger partial charge in [-0.25, -0.2) is 4.79 Å². The molecular weight excluding hydrogens is 226 g/mol. The van der Waals surface area contributed by atoms with Crippen molar-refractivity contribution < 1.29 is 9.53 Å². The first-order valence-electron chi connectivity index (χ1n) is 6.33. The molecule has 3 heteroatoms. The lowest BCUT2D eigenvalue weighted by Gasteiger charge is -2.19. The summed E-state index contributed by atoms with van der Waals surface area (Å²) in [6.45, 7) is 10.4. The van der Waals surface area contributed by atoms with E-state index in [0.717, 1.165) is 5.56 Å². The van der Waals surface area contributed by atoms with E-state index < -0.39 is 5.60 Å². The second kappa shape index (κ2) is 5.89. The molecule has 0 fully saturated rings. The van der Waals surface area contributed by atoms with Gasteiger partial charge < -0.3 is 10.1 Å². The van der Waals surface area contributed by atoms with Crippen LogP contribution in [0, 0.1) is 0 Å². The van der Waals surface area contributed by atoms with Gasteiger partial charge in [0.1, 0.15) is 5.60 Å². The van der Waals surface area contributed by atoms with Crippen molar-refractivity contribution in [1.82, 2.24) is 5.32 Å². The molecule has 1 rings (SSSR count). The zero-order valence-corrected chi connectivity index (χ0v) is 11.9. The standard InChI is InChI=1S/C15H23NO2/c1-11(2)13-8-6-7-12(9-13)10-16-14(17)18-15(3,4)5/h6-9,11H,10H2,1-5H3,(H,16,17). The Kier molecular flexibility index (Phi) is 4.76. The maximum absolute atomic E-state index is 11.5. The SMILES string of the molecule is CC(C)c1cccc(CNC(=O)OC(C)(C)C)c1. The normalized spacial score (nSPS) is 11.4. The Balaban J connectivity index is 2.53. The van der Waals surface area contributed by atoms with E-state index in [-0.39, 0.29) is 6.09 Å². The Morgan fingerprint density at radius 1 is 1.33 bits per heavy atom. The number of rotatable bonds is 3. The van der Waals surface area contributed by atoms with Crippen LogP contribution in [-0.2, 0) is 11.3 Å².